The van der Waals surface area contributed by atoms with Gasteiger partial charge in [0, 0.05) is 24.8 Å². The van der Waals surface area contributed by atoms with E-state index in [2.05, 4.69) is 13.8 Å². The quantitative estimate of drug-likeness (QED) is 0.248. The lowest BCUT2D eigenvalue weighted by molar-refractivity contribution is 0.0505. The number of carbonyl (C=O) groups is 1. The molecule has 0 bridgehead atoms. The van der Waals surface area contributed by atoms with Gasteiger partial charge >= 0.3 is 0 Å². The van der Waals surface area contributed by atoms with Gasteiger partial charge in [0.25, 0.3) is 5.91 Å². The van der Waals surface area contributed by atoms with Crippen LogP contribution in [0.5, 0.6) is 11.6 Å². The second-order valence-electron chi connectivity index (χ2n) is 9.82. The summed E-state index contributed by atoms with van der Waals surface area (Å²) in [7, 11) is 0. The average molecular weight is 514 g/mol. The summed E-state index contributed by atoms with van der Waals surface area (Å²) in [5.74, 6) is 0.404. The van der Waals surface area contributed by atoms with Crippen LogP contribution in [-0.4, -0.2) is 39.8 Å². The highest BCUT2D eigenvalue weighted by Crippen LogP contribution is 2.35. The molecular weight excluding hydrogens is 481 g/mol. The number of rotatable bonds is 9. The van der Waals surface area contributed by atoms with Crippen molar-refractivity contribution in [2.75, 3.05) is 13.2 Å². The van der Waals surface area contributed by atoms with Gasteiger partial charge in [0.05, 0.1) is 29.6 Å². The molecule has 2 heterocycles. The lowest BCUT2D eigenvalue weighted by atomic mass is 10.0. The average Bonchev–Trinajstić information content (AvgIpc) is 3.57. The Morgan fingerprint density at radius 1 is 1.08 bits per heavy atom. The Morgan fingerprint density at radius 3 is 2.47 bits per heavy atom. The zero-order valence-corrected chi connectivity index (χ0v) is 21.7. The van der Waals surface area contributed by atoms with Crippen LogP contribution in [0.2, 0.25) is 0 Å². The highest BCUT2D eigenvalue weighted by molar-refractivity contribution is 5.94. The van der Waals surface area contributed by atoms with Crippen molar-refractivity contribution in [3.63, 3.8) is 0 Å². The normalized spacial score (nSPS) is 15.1. The van der Waals surface area contributed by atoms with Crippen LogP contribution in [-0.2, 0) is 11.3 Å². The lowest BCUT2D eigenvalue weighted by Gasteiger charge is -2.26. The topological polar surface area (TPSA) is 56.6 Å². The maximum atomic E-state index is 14.1. The van der Waals surface area contributed by atoms with E-state index in [-0.39, 0.29) is 24.5 Å². The van der Waals surface area contributed by atoms with E-state index >= 15 is 0 Å². The van der Waals surface area contributed by atoms with E-state index in [0.717, 1.165) is 29.8 Å². The molecule has 4 aromatic rings. The molecular formula is C31H32FN3O3. The molecule has 0 spiro atoms. The van der Waals surface area contributed by atoms with E-state index in [1.807, 2.05) is 65.6 Å². The van der Waals surface area contributed by atoms with Crippen molar-refractivity contribution in [1.29, 1.82) is 0 Å². The van der Waals surface area contributed by atoms with Gasteiger partial charge in [-0.25, -0.2) is 9.07 Å². The summed E-state index contributed by atoms with van der Waals surface area (Å²) >= 11 is 0. The summed E-state index contributed by atoms with van der Waals surface area (Å²) in [5.41, 5.74) is 3.03. The molecule has 1 amide bonds. The van der Waals surface area contributed by atoms with Crippen LogP contribution in [0.1, 0.15) is 54.2 Å². The van der Waals surface area contributed by atoms with Gasteiger partial charge in [0.2, 0.25) is 5.88 Å². The molecule has 0 saturated carbocycles. The highest BCUT2D eigenvalue weighted by atomic mass is 19.1. The van der Waals surface area contributed by atoms with Crippen molar-refractivity contribution >= 4 is 5.91 Å². The molecule has 0 N–H and O–H groups in total. The number of ether oxygens (including phenoxy) is 2. The second kappa shape index (κ2) is 11.6. The fourth-order valence-corrected chi connectivity index (χ4v) is 4.76. The highest BCUT2D eigenvalue weighted by Gasteiger charge is 2.29. The van der Waals surface area contributed by atoms with Crippen molar-refractivity contribution < 1.29 is 18.7 Å². The summed E-state index contributed by atoms with van der Waals surface area (Å²) in [4.78, 5) is 15.6. The van der Waals surface area contributed by atoms with Gasteiger partial charge in [-0.05, 0) is 55.2 Å². The number of para-hydroxylation sites is 1. The molecule has 38 heavy (non-hydrogen) atoms. The standard InChI is InChI=1S/C31H32FN3O3/c1-22(2)29-28(21-34(20-27-17-10-18-37-27)30(36)23-11-5-3-6-12-23)31(38-26-16-9-13-24(32)19-26)35(33-29)25-14-7-4-8-15-25/h3-9,11-16,19,22,27H,10,17-18,20-21H2,1-2H3/t27-/m0/s1. The lowest BCUT2D eigenvalue weighted by Crippen LogP contribution is -2.37. The fourth-order valence-electron chi connectivity index (χ4n) is 4.76. The molecule has 6 nitrogen and oxygen atoms in total. The number of benzene rings is 3. The smallest absolute Gasteiger partial charge is 0.254 e. The van der Waals surface area contributed by atoms with E-state index < -0.39 is 5.82 Å². The van der Waals surface area contributed by atoms with Gasteiger partial charge in [0.15, 0.2) is 0 Å². The summed E-state index contributed by atoms with van der Waals surface area (Å²) in [6.07, 6.45) is 1.86. The number of amides is 1. The number of nitrogens with zero attached hydrogens (tertiary/aromatic N) is 3. The first-order chi connectivity index (χ1) is 18.5. The van der Waals surface area contributed by atoms with Crippen molar-refractivity contribution in [1.82, 2.24) is 14.7 Å². The van der Waals surface area contributed by atoms with Crippen LogP contribution in [0.3, 0.4) is 0 Å². The van der Waals surface area contributed by atoms with Crippen molar-refractivity contribution in [3.05, 3.63) is 108 Å². The maximum Gasteiger partial charge on any atom is 0.254 e. The SMILES string of the molecule is CC(C)c1nn(-c2ccccc2)c(Oc2cccc(F)c2)c1CN(C[C@@H]1CCCO1)C(=O)c1ccccc1. The molecule has 0 unspecified atom stereocenters. The third-order valence-corrected chi connectivity index (χ3v) is 6.63. The van der Waals surface area contributed by atoms with Gasteiger partial charge in [-0.3, -0.25) is 4.79 Å². The van der Waals surface area contributed by atoms with Crippen molar-refractivity contribution in [2.24, 2.45) is 0 Å². The predicted molar refractivity (Wildman–Crippen MR) is 144 cm³/mol. The minimum absolute atomic E-state index is 0.0260. The molecule has 1 fully saturated rings. The molecule has 0 aliphatic carbocycles. The third kappa shape index (κ3) is 5.78. The molecule has 1 saturated heterocycles. The minimum Gasteiger partial charge on any atom is -0.438 e. The fraction of sp³-hybridized carbons (Fsp3) is 0.290. The monoisotopic (exact) mass is 513 g/mol. The zero-order chi connectivity index (χ0) is 26.5. The van der Waals surface area contributed by atoms with Gasteiger partial charge < -0.3 is 14.4 Å². The van der Waals surface area contributed by atoms with Crippen LogP contribution >= 0.6 is 0 Å². The van der Waals surface area contributed by atoms with E-state index in [1.165, 1.54) is 12.1 Å². The van der Waals surface area contributed by atoms with Gasteiger partial charge in [-0.1, -0.05) is 56.3 Å². The molecule has 0 radical (unpaired) electrons. The number of hydrogen-bond donors (Lipinski definition) is 0. The van der Waals surface area contributed by atoms with Crippen molar-refractivity contribution in [2.45, 2.75) is 45.3 Å². The van der Waals surface area contributed by atoms with Gasteiger partial charge in [0.1, 0.15) is 11.6 Å². The summed E-state index contributed by atoms with van der Waals surface area (Å²) in [5, 5.41) is 4.94. The van der Waals surface area contributed by atoms with Crippen LogP contribution in [0.4, 0.5) is 4.39 Å². The molecule has 5 rings (SSSR count). The summed E-state index contributed by atoms with van der Waals surface area (Å²) < 4.78 is 28.1. The number of aromatic nitrogens is 2. The Labute approximate surface area is 222 Å². The summed E-state index contributed by atoms with van der Waals surface area (Å²) in [6, 6.07) is 25.0. The number of halogens is 1. The van der Waals surface area contributed by atoms with Crippen LogP contribution in [0.15, 0.2) is 84.9 Å². The second-order valence-corrected chi connectivity index (χ2v) is 9.82. The molecule has 196 valence electrons. The molecule has 1 aromatic heterocycles. The maximum absolute atomic E-state index is 14.1. The van der Waals surface area contributed by atoms with E-state index in [9.17, 15) is 9.18 Å². The minimum atomic E-state index is -0.391. The molecule has 1 aliphatic rings. The molecule has 3 aromatic carbocycles. The first kappa shape index (κ1) is 25.7. The van der Waals surface area contributed by atoms with Crippen LogP contribution in [0, 0.1) is 5.82 Å². The van der Waals surface area contributed by atoms with Gasteiger partial charge in [-0.2, -0.15) is 5.10 Å². The number of hydrogen-bond acceptors (Lipinski definition) is 4. The predicted octanol–water partition coefficient (Wildman–Crippen LogP) is 6.75. The molecule has 1 aliphatic heterocycles. The van der Waals surface area contributed by atoms with Crippen LogP contribution in [0.25, 0.3) is 5.69 Å². The van der Waals surface area contributed by atoms with Crippen LogP contribution < -0.4 is 4.74 Å². The largest absolute Gasteiger partial charge is 0.438 e. The third-order valence-electron chi connectivity index (χ3n) is 6.63. The van der Waals surface area contributed by atoms with Crippen molar-refractivity contribution in [3.8, 4) is 17.3 Å². The van der Waals surface area contributed by atoms with E-state index in [0.29, 0.717) is 30.3 Å². The Hall–Kier alpha value is -3.97. The molecule has 1 atom stereocenters. The Morgan fingerprint density at radius 2 is 1.82 bits per heavy atom. The number of carbonyl (C=O) groups excluding carboxylic acids is 1. The van der Waals surface area contributed by atoms with E-state index in [4.69, 9.17) is 14.6 Å². The zero-order valence-electron chi connectivity index (χ0n) is 21.7. The summed E-state index contributed by atoms with van der Waals surface area (Å²) in [6.45, 7) is 5.57. The van der Waals surface area contributed by atoms with Gasteiger partial charge in [-0.15, -0.1) is 0 Å². The Balaban J connectivity index is 1.60. The van der Waals surface area contributed by atoms with E-state index in [1.54, 1.807) is 16.8 Å². The molecule has 7 heteroatoms. The Kier molecular flexibility index (Phi) is 7.84. The first-order valence-electron chi connectivity index (χ1n) is 13.1. The Bertz CT molecular complexity index is 1370. The first-order valence-corrected chi connectivity index (χ1v) is 13.1.